The molecule has 2 aromatic rings. The molecule has 0 aromatic heterocycles. The maximum absolute atomic E-state index is 5.44. The van der Waals surface area contributed by atoms with E-state index in [1.165, 1.54) is 10.8 Å². The van der Waals surface area contributed by atoms with Gasteiger partial charge in [0.25, 0.3) is 0 Å². The Morgan fingerprint density at radius 1 is 1.00 bits per heavy atom. The zero-order valence-corrected chi connectivity index (χ0v) is 9.08. The second-order valence-corrected chi connectivity index (χ2v) is 3.15. The van der Waals surface area contributed by atoms with Gasteiger partial charge in [-0.25, -0.2) is 0 Å². The molecule has 2 N–H and O–H groups in total. The molecule has 3 heteroatoms. The minimum Gasteiger partial charge on any atom is -1.00 e. The van der Waals surface area contributed by atoms with E-state index in [-0.39, 0.29) is 12.4 Å². The van der Waals surface area contributed by atoms with E-state index in [2.05, 4.69) is 18.2 Å². The normalized spacial score (nSPS) is 9.67. The van der Waals surface area contributed by atoms with Gasteiger partial charge in [-0.2, -0.15) is 0 Å². The van der Waals surface area contributed by atoms with E-state index in [0.29, 0.717) is 13.2 Å². The Balaban J connectivity index is 0.00000112. The van der Waals surface area contributed by atoms with Crippen LogP contribution < -0.4 is 22.9 Å². The lowest BCUT2D eigenvalue weighted by Gasteiger charge is -2.05. The van der Waals surface area contributed by atoms with Gasteiger partial charge in [0.2, 0.25) is 0 Å². The quantitative estimate of drug-likeness (QED) is 0.737. The number of benzene rings is 2. The summed E-state index contributed by atoms with van der Waals surface area (Å²) < 4.78 is 5.44. The Morgan fingerprint density at radius 2 is 1.73 bits per heavy atom. The third-order valence-electron chi connectivity index (χ3n) is 2.11. The van der Waals surface area contributed by atoms with E-state index in [9.17, 15) is 0 Å². The van der Waals surface area contributed by atoms with Crippen molar-refractivity contribution in [2.45, 2.75) is 0 Å². The second-order valence-electron chi connectivity index (χ2n) is 3.15. The van der Waals surface area contributed by atoms with Crippen LogP contribution in [0.25, 0.3) is 10.8 Å². The maximum atomic E-state index is 5.44. The SMILES string of the molecule is NCCOc1ccc2ccccc2c1.[Cl-]. The minimum atomic E-state index is 0. The van der Waals surface area contributed by atoms with E-state index in [0.717, 1.165) is 5.75 Å². The molecule has 0 unspecified atom stereocenters. The average molecular weight is 223 g/mol. The van der Waals surface area contributed by atoms with Crippen molar-refractivity contribution in [3.63, 3.8) is 0 Å². The van der Waals surface area contributed by atoms with Gasteiger partial charge >= 0.3 is 0 Å². The van der Waals surface area contributed by atoms with Gasteiger partial charge in [0, 0.05) is 6.54 Å². The molecule has 2 nitrogen and oxygen atoms in total. The van der Waals surface area contributed by atoms with Crippen LogP contribution in [0, 0.1) is 0 Å². The smallest absolute Gasteiger partial charge is 0.120 e. The molecular weight excluding hydrogens is 210 g/mol. The molecule has 0 radical (unpaired) electrons. The van der Waals surface area contributed by atoms with Crippen molar-refractivity contribution in [2.24, 2.45) is 5.73 Å². The average Bonchev–Trinajstić information content (AvgIpc) is 2.26. The van der Waals surface area contributed by atoms with Crippen LogP contribution >= 0.6 is 0 Å². The molecule has 2 aromatic carbocycles. The molecule has 0 fully saturated rings. The maximum Gasteiger partial charge on any atom is 0.120 e. The lowest BCUT2D eigenvalue weighted by molar-refractivity contribution is -0.00000327. The van der Waals surface area contributed by atoms with E-state index in [4.69, 9.17) is 10.5 Å². The van der Waals surface area contributed by atoms with Crippen molar-refractivity contribution in [3.8, 4) is 5.75 Å². The Hall–Kier alpha value is -1.25. The van der Waals surface area contributed by atoms with Crippen LogP contribution in [-0.4, -0.2) is 13.2 Å². The van der Waals surface area contributed by atoms with E-state index >= 15 is 0 Å². The number of fused-ring (bicyclic) bond motifs is 1. The van der Waals surface area contributed by atoms with Crippen molar-refractivity contribution in [1.82, 2.24) is 0 Å². The van der Waals surface area contributed by atoms with Crippen LogP contribution in [0.4, 0.5) is 0 Å². The van der Waals surface area contributed by atoms with Gasteiger partial charge in [0.15, 0.2) is 0 Å². The molecule has 0 atom stereocenters. The minimum absolute atomic E-state index is 0. The molecule has 0 amide bonds. The van der Waals surface area contributed by atoms with Gasteiger partial charge in [-0.05, 0) is 22.9 Å². The Kier molecular flexibility index (Phi) is 4.40. The molecule has 0 aliphatic heterocycles. The standard InChI is InChI=1S/C12H13NO.ClH/c13-7-8-14-12-6-5-10-3-1-2-4-11(10)9-12;/h1-6,9H,7-8,13H2;1H/p-1. The third kappa shape index (κ3) is 2.85. The van der Waals surface area contributed by atoms with Gasteiger partial charge in [-0.15, -0.1) is 0 Å². The molecule has 2 rings (SSSR count). The predicted octanol–water partition coefficient (Wildman–Crippen LogP) is -0.819. The highest BCUT2D eigenvalue weighted by Crippen LogP contribution is 2.20. The van der Waals surface area contributed by atoms with Crippen molar-refractivity contribution in [3.05, 3.63) is 42.5 Å². The number of nitrogens with two attached hydrogens (primary N) is 1. The lowest BCUT2D eigenvalue weighted by Crippen LogP contribution is -3.00. The van der Waals surface area contributed by atoms with Crippen LogP contribution in [0.2, 0.25) is 0 Å². The summed E-state index contributed by atoms with van der Waals surface area (Å²) in [6.45, 7) is 1.12. The summed E-state index contributed by atoms with van der Waals surface area (Å²) in [5.41, 5.74) is 5.36. The van der Waals surface area contributed by atoms with E-state index in [1.54, 1.807) is 0 Å². The highest BCUT2D eigenvalue weighted by Gasteiger charge is 1.95. The Labute approximate surface area is 95.4 Å². The Morgan fingerprint density at radius 3 is 2.47 bits per heavy atom. The fraction of sp³-hybridized carbons (Fsp3) is 0.167. The molecular formula is C12H13ClNO-. The van der Waals surface area contributed by atoms with Crippen LogP contribution in [-0.2, 0) is 0 Å². The van der Waals surface area contributed by atoms with Gasteiger partial charge in [0.1, 0.15) is 12.4 Å². The van der Waals surface area contributed by atoms with Gasteiger partial charge in [-0.1, -0.05) is 30.3 Å². The number of hydrogen-bond donors (Lipinski definition) is 1. The fourth-order valence-corrected chi connectivity index (χ4v) is 1.43. The molecule has 0 aliphatic carbocycles. The first-order chi connectivity index (χ1) is 6.90. The summed E-state index contributed by atoms with van der Waals surface area (Å²) in [6, 6.07) is 14.3. The molecule has 0 bridgehead atoms. The lowest BCUT2D eigenvalue weighted by atomic mass is 10.1. The molecule has 15 heavy (non-hydrogen) atoms. The van der Waals surface area contributed by atoms with Crippen molar-refractivity contribution < 1.29 is 17.1 Å². The Bertz CT molecular complexity index is 431. The van der Waals surface area contributed by atoms with Crippen molar-refractivity contribution in [2.75, 3.05) is 13.2 Å². The van der Waals surface area contributed by atoms with Crippen LogP contribution in [0.15, 0.2) is 42.5 Å². The summed E-state index contributed by atoms with van der Waals surface area (Å²) in [5, 5.41) is 2.43. The summed E-state index contributed by atoms with van der Waals surface area (Å²) in [7, 11) is 0. The second kappa shape index (κ2) is 5.59. The van der Waals surface area contributed by atoms with Crippen LogP contribution in [0.1, 0.15) is 0 Å². The zero-order chi connectivity index (χ0) is 9.80. The highest BCUT2D eigenvalue weighted by molar-refractivity contribution is 5.83. The molecule has 0 heterocycles. The van der Waals surface area contributed by atoms with Crippen molar-refractivity contribution in [1.29, 1.82) is 0 Å². The third-order valence-corrected chi connectivity index (χ3v) is 2.11. The number of rotatable bonds is 3. The molecule has 0 saturated heterocycles. The summed E-state index contributed by atoms with van der Waals surface area (Å²) in [4.78, 5) is 0. The monoisotopic (exact) mass is 222 g/mol. The summed E-state index contributed by atoms with van der Waals surface area (Å²) in [6.07, 6.45) is 0. The topological polar surface area (TPSA) is 35.2 Å². The first-order valence-corrected chi connectivity index (χ1v) is 4.72. The number of hydrogen-bond acceptors (Lipinski definition) is 2. The molecule has 0 saturated carbocycles. The van der Waals surface area contributed by atoms with Gasteiger partial charge in [0.05, 0.1) is 0 Å². The summed E-state index contributed by atoms with van der Waals surface area (Å²) in [5.74, 6) is 0.883. The van der Waals surface area contributed by atoms with Crippen LogP contribution in [0.3, 0.4) is 0 Å². The number of halogens is 1. The predicted molar refractivity (Wildman–Crippen MR) is 58.5 cm³/mol. The summed E-state index contributed by atoms with van der Waals surface area (Å²) >= 11 is 0. The molecule has 80 valence electrons. The largest absolute Gasteiger partial charge is 1.00 e. The first-order valence-electron chi connectivity index (χ1n) is 4.72. The zero-order valence-electron chi connectivity index (χ0n) is 8.32. The van der Waals surface area contributed by atoms with Gasteiger partial charge in [-0.3, -0.25) is 0 Å². The fourth-order valence-electron chi connectivity index (χ4n) is 1.43. The molecule has 0 aliphatic rings. The van der Waals surface area contributed by atoms with Gasteiger partial charge < -0.3 is 22.9 Å². The highest BCUT2D eigenvalue weighted by atomic mass is 35.5. The first kappa shape index (κ1) is 11.8. The van der Waals surface area contributed by atoms with Crippen LogP contribution in [0.5, 0.6) is 5.75 Å². The van der Waals surface area contributed by atoms with E-state index < -0.39 is 0 Å². The number of ether oxygens (including phenoxy) is 1. The molecule has 0 spiro atoms. The van der Waals surface area contributed by atoms with E-state index in [1.807, 2.05) is 24.3 Å². The van der Waals surface area contributed by atoms with Crippen molar-refractivity contribution >= 4 is 10.8 Å².